The van der Waals surface area contributed by atoms with Gasteiger partial charge in [0.1, 0.15) is 18.7 Å². The van der Waals surface area contributed by atoms with E-state index in [9.17, 15) is 9.59 Å². The van der Waals surface area contributed by atoms with Gasteiger partial charge in [-0.1, -0.05) is 20.8 Å². The highest BCUT2D eigenvalue weighted by Crippen LogP contribution is 2.33. The number of hydrogen-bond acceptors (Lipinski definition) is 6. The number of nitrogens with two attached hydrogens (primary N) is 1. The minimum atomic E-state index is -0.438. The maximum absolute atomic E-state index is 11.8. The number of nitrogens with zero attached hydrogens (tertiary/aromatic N) is 2. The van der Waals surface area contributed by atoms with Crippen LogP contribution in [-0.2, 0) is 14.3 Å². The van der Waals surface area contributed by atoms with Gasteiger partial charge in [0.2, 0.25) is 0 Å². The van der Waals surface area contributed by atoms with E-state index >= 15 is 0 Å². The average molecular weight is 295 g/mol. The maximum atomic E-state index is 11.8. The van der Waals surface area contributed by atoms with Crippen LogP contribution < -0.4 is 11.4 Å². The van der Waals surface area contributed by atoms with E-state index < -0.39 is 11.9 Å². The van der Waals surface area contributed by atoms with Gasteiger partial charge in [-0.25, -0.2) is 4.79 Å². The molecular weight excluding hydrogens is 274 g/mol. The van der Waals surface area contributed by atoms with Gasteiger partial charge in [-0.2, -0.15) is 4.98 Å². The number of rotatable bonds is 4. The van der Waals surface area contributed by atoms with Crippen LogP contribution in [0.5, 0.6) is 0 Å². The van der Waals surface area contributed by atoms with Crippen LogP contribution in [0.25, 0.3) is 0 Å². The first-order valence-electron chi connectivity index (χ1n) is 7.05. The SMILES string of the molecule is CC(C)C(=O)OC[C@@H]1C[C@H](C)[C@H](n2ccc(N)nc2=O)O1. The molecule has 7 heteroatoms. The van der Waals surface area contributed by atoms with Crippen molar-refractivity contribution in [1.29, 1.82) is 0 Å². The fourth-order valence-corrected chi connectivity index (χ4v) is 2.33. The van der Waals surface area contributed by atoms with E-state index in [1.54, 1.807) is 26.1 Å². The second-order valence-corrected chi connectivity index (χ2v) is 5.69. The van der Waals surface area contributed by atoms with E-state index in [1.165, 1.54) is 4.57 Å². The van der Waals surface area contributed by atoms with Crippen LogP contribution in [0.4, 0.5) is 5.82 Å². The van der Waals surface area contributed by atoms with Crippen molar-refractivity contribution in [2.24, 2.45) is 11.8 Å². The van der Waals surface area contributed by atoms with E-state index in [-0.39, 0.29) is 36.3 Å². The smallest absolute Gasteiger partial charge is 0.351 e. The minimum absolute atomic E-state index is 0.121. The number of nitrogen functional groups attached to an aromatic ring is 1. The molecule has 1 saturated heterocycles. The Kier molecular flexibility index (Phi) is 4.62. The largest absolute Gasteiger partial charge is 0.463 e. The van der Waals surface area contributed by atoms with E-state index in [4.69, 9.17) is 15.2 Å². The molecule has 0 bridgehead atoms. The van der Waals surface area contributed by atoms with Crippen LogP contribution in [0.1, 0.15) is 33.4 Å². The Hall–Kier alpha value is -1.89. The molecule has 0 radical (unpaired) electrons. The quantitative estimate of drug-likeness (QED) is 0.831. The molecule has 0 saturated carbocycles. The van der Waals surface area contributed by atoms with Crippen molar-refractivity contribution in [3.8, 4) is 0 Å². The summed E-state index contributed by atoms with van der Waals surface area (Å²) in [6.45, 7) is 5.75. The number of carbonyl (C=O) groups excluding carboxylic acids is 1. The molecule has 3 atom stereocenters. The predicted octanol–water partition coefficient (Wildman–Crippen LogP) is 0.948. The topological polar surface area (TPSA) is 96.4 Å². The molecule has 0 spiro atoms. The normalized spacial score (nSPS) is 25.2. The Morgan fingerprint density at radius 2 is 2.33 bits per heavy atom. The highest BCUT2D eigenvalue weighted by Gasteiger charge is 2.34. The second kappa shape index (κ2) is 6.26. The van der Waals surface area contributed by atoms with Gasteiger partial charge in [-0.05, 0) is 12.5 Å². The van der Waals surface area contributed by atoms with Gasteiger partial charge in [-0.3, -0.25) is 9.36 Å². The van der Waals surface area contributed by atoms with E-state index in [1.807, 2.05) is 6.92 Å². The summed E-state index contributed by atoms with van der Waals surface area (Å²) in [4.78, 5) is 27.0. The van der Waals surface area contributed by atoms with Crippen molar-refractivity contribution >= 4 is 11.8 Å². The molecule has 0 unspecified atom stereocenters. The Morgan fingerprint density at radius 3 is 2.95 bits per heavy atom. The number of anilines is 1. The summed E-state index contributed by atoms with van der Waals surface area (Å²) in [5.41, 5.74) is 5.04. The third-order valence-corrected chi connectivity index (χ3v) is 3.46. The third-order valence-electron chi connectivity index (χ3n) is 3.46. The van der Waals surface area contributed by atoms with Crippen LogP contribution in [0.3, 0.4) is 0 Å². The molecule has 1 aromatic rings. The van der Waals surface area contributed by atoms with E-state index in [2.05, 4.69) is 4.98 Å². The van der Waals surface area contributed by atoms with E-state index in [0.717, 1.165) is 0 Å². The van der Waals surface area contributed by atoms with Gasteiger partial charge >= 0.3 is 11.7 Å². The summed E-state index contributed by atoms with van der Waals surface area (Å²) < 4.78 is 12.4. The lowest BCUT2D eigenvalue weighted by molar-refractivity contribution is -0.152. The zero-order valence-electron chi connectivity index (χ0n) is 12.5. The monoisotopic (exact) mass is 295 g/mol. The molecule has 0 aliphatic carbocycles. The molecular formula is C14H21N3O4. The number of hydrogen-bond donors (Lipinski definition) is 1. The van der Waals surface area contributed by atoms with Crippen molar-refractivity contribution in [3.05, 3.63) is 22.7 Å². The molecule has 2 N–H and O–H groups in total. The molecule has 21 heavy (non-hydrogen) atoms. The lowest BCUT2D eigenvalue weighted by atomic mass is 10.1. The van der Waals surface area contributed by atoms with Crippen LogP contribution >= 0.6 is 0 Å². The van der Waals surface area contributed by atoms with Crippen molar-refractivity contribution in [1.82, 2.24) is 9.55 Å². The number of esters is 1. The Bertz CT molecular complexity index is 570. The standard InChI is InChI=1S/C14H21N3O4/c1-8(2)13(18)20-7-10-6-9(3)12(21-10)17-5-4-11(15)16-14(17)19/h4-5,8-10,12H,6-7H2,1-3H3,(H2,15,16,19)/t9-,10-,12+/m0/s1. The molecule has 2 heterocycles. The Labute approximate surface area is 123 Å². The highest BCUT2D eigenvalue weighted by molar-refractivity contribution is 5.71. The third kappa shape index (κ3) is 3.60. The van der Waals surface area contributed by atoms with Crippen molar-refractivity contribution in [2.75, 3.05) is 12.3 Å². The molecule has 2 rings (SSSR count). The lowest BCUT2D eigenvalue weighted by Gasteiger charge is -2.18. The predicted molar refractivity (Wildman–Crippen MR) is 76.4 cm³/mol. The molecule has 1 aliphatic heterocycles. The second-order valence-electron chi connectivity index (χ2n) is 5.69. The fraction of sp³-hybridized carbons (Fsp3) is 0.643. The molecule has 0 amide bonds. The summed E-state index contributed by atoms with van der Waals surface area (Å²) in [5.74, 6) is -0.107. The molecule has 116 valence electrons. The van der Waals surface area contributed by atoms with Gasteiger partial charge in [-0.15, -0.1) is 0 Å². The number of ether oxygens (including phenoxy) is 2. The average Bonchev–Trinajstić information content (AvgIpc) is 2.77. The number of aromatic nitrogens is 2. The summed E-state index contributed by atoms with van der Waals surface area (Å²) in [7, 11) is 0. The first-order valence-corrected chi connectivity index (χ1v) is 7.05. The summed E-state index contributed by atoms with van der Waals surface area (Å²) >= 11 is 0. The summed E-state index contributed by atoms with van der Waals surface area (Å²) in [6, 6.07) is 1.56. The Balaban J connectivity index is 2.01. The van der Waals surface area contributed by atoms with Gasteiger partial charge in [0, 0.05) is 12.1 Å². The lowest BCUT2D eigenvalue weighted by Crippen LogP contribution is -2.30. The van der Waals surface area contributed by atoms with Crippen molar-refractivity contribution in [2.45, 2.75) is 39.5 Å². The van der Waals surface area contributed by atoms with Crippen LogP contribution in [-0.4, -0.2) is 28.2 Å². The van der Waals surface area contributed by atoms with Gasteiger partial charge in [0.25, 0.3) is 0 Å². The highest BCUT2D eigenvalue weighted by atomic mass is 16.6. The molecule has 1 fully saturated rings. The maximum Gasteiger partial charge on any atom is 0.351 e. The molecule has 1 aromatic heterocycles. The van der Waals surface area contributed by atoms with Gasteiger partial charge < -0.3 is 15.2 Å². The summed E-state index contributed by atoms with van der Waals surface area (Å²) in [5, 5.41) is 0. The van der Waals surface area contributed by atoms with Crippen LogP contribution in [0, 0.1) is 11.8 Å². The zero-order valence-corrected chi connectivity index (χ0v) is 12.5. The fourth-order valence-electron chi connectivity index (χ4n) is 2.33. The number of carbonyl (C=O) groups is 1. The summed E-state index contributed by atoms with van der Waals surface area (Å²) in [6.07, 6.45) is 1.67. The molecule has 7 nitrogen and oxygen atoms in total. The Morgan fingerprint density at radius 1 is 1.62 bits per heavy atom. The van der Waals surface area contributed by atoms with Gasteiger partial charge in [0.15, 0.2) is 0 Å². The van der Waals surface area contributed by atoms with Crippen LogP contribution in [0.2, 0.25) is 0 Å². The van der Waals surface area contributed by atoms with Crippen molar-refractivity contribution < 1.29 is 14.3 Å². The zero-order chi connectivity index (χ0) is 15.6. The van der Waals surface area contributed by atoms with E-state index in [0.29, 0.717) is 6.42 Å². The first-order chi connectivity index (χ1) is 9.88. The molecule has 1 aliphatic rings. The van der Waals surface area contributed by atoms with Crippen molar-refractivity contribution in [3.63, 3.8) is 0 Å². The van der Waals surface area contributed by atoms with Crippen LogP contribution in [0.15, 0.2) is 17.1 Å². The van der Waals surface area contributed by atoms with Gasteiger partial charge in [0.05, 0.1) is 12.0 Å². The molecule has 0 aromatic carbocycles. The minimum Gasteiger partial charge on any atom is -0.463 e. The first kappa shape index (κ1) is 15.5.